The summed E-state index contributed by atoms with van der Waals surface area (Å²) < 4.78 is 1.59. The molecule has 84 valence electrons. The summed E-state index contributed by atoms with van der Waals surface area (Å²) in [7, 11) is 0. The van der Waals surface area contributed by atoms with Gasteiger partial charge in [0, 0.05) is 12.4 Å². The number of rotatable bonds is 1. The third-order valence-corrected chi connectivity index (χ3v) is 2.34. The van der Waals surface area contributed by atoms with Gasteiger partial charge in [-0.2, -0.15) is 9.78 Å². The van der Waals surface area contributed by atoms with Crippen LogP contribution in [0.5, 0.6) is 0 Å². The second-order valence-corrected chi connectivity index (χ2v) is 3.51. The van der Waals surface area contributed by atoms with Crippen LogP contribution in [-0.4, -0.2) is 29.7 Å². The molecule has 0 aromatic carbocycles. The number of nitrogens with two attached hydrogens (primary N) is 1. The molecule has 17 heavy (non-hydrogen) atoms. The minimum Gasteiger partial charge on any atom is -0.383 e. The number of anilines is 1. The van der Waals surface area contributed by atoms with E-state index in [0.29, 0.717) is 28.5 Å². The van der Waals surface area contributed by atoms with Gasteiger partial charge in [-0.3, -0.25) is 4.98 Å². The maximum absolute atomic E-state index is 5.81. The summed E-state index contributed by atoms with van der Waals surface area (Å²) in [6, 6.07) is 0. The van der Waals surface area contributed by atoms with Crippen LogP contribution < -0.4 is 5.73 Å². The van der Waals surface area contributed by atoms with E-state index in [4.69, 9.17) is 5.73 Å². The minimum atomic E-state index is 0.419. The Morgan fingerprint density at radius 2 is 2.06 bits per heavy atom. The van der Waals surface area contributed by atoms with Crippen molar-refractivity contribution in [1.82, 2.24) is 29.7 Å². The summed E-state index contributed by atoms with van der Waals surface area (Å²) in [6.45, 7) is 1.78. The molecule has 3 heterocycles. The molecular weight excluding hydrogens is 218 g/mol. The molecule has 0 spiro atoms. The van der Waals surface area contributed by atoms with Crippen LogP contribution in [0.3, 0.4) is 0 Å². The Morgan fingerprint density at radius 1 is 1.18 bits per heavy atom. The van der Waals surface area contributed by atoms with Crippen LogP contribution in [0.4, 0.5) is 5.82 Å². The van der Waals surface area contributed by atoms with Gasteiger partial charge in [-0.1, -0.05) is 0 Å². The lowest BCUT2D eigenvalue weighted by Crippen LogP contribution is -2.03. The van der Waals surface area contributed by atoms with Gasteiger partial charge < -0.3 is 5.73 Å². The highest BCUT2D eigenvalue weighted by atomic mass is 15.3. The molecule has 0 bridgehead atoms. The molecular formula is C10H9N7. The SMILES string of the molecule is Cc1nc(N)c2cnn(-c3cnccn3)c2n1. The van der Waals surface area contributed by atoms with Crippen molar-refractivity contribution < 1.29 is 0 Å². The largest absolute Gasteiger partial charge is 0.383 e. The molecule has 2 N–H and O–H groups in total. The fourth-order valence-electron chi connectivity index (χ4n) is 1.61. The quantitative estimate of drug-likeness (QED) is 0.650. The highest BCUT2D eigenvalue weighted by Gasteiger charge is 2.11. The second-order valence-electron chi connectivity index (χ2n) is 3.51. The van der Waals surface area contributed by atoms with Crippen LogP contribution in [0, 0.1) is 6.92 Å². The van der Waals surface area contributed by atoms with Crippen molar-refractivity contribution in [2.45, 2.75) is 6.92 Å². The van der Waals surface area contributed by atoms with Gasteiger partial charge in [0.15, 0.2) is 11.5 Å². The Kier molecular flexibility index (Phi) is 1.97. The fourth-order valence-corrected chi connectivity index (χ4v) is 1.61. The Hall–Kier alpha value is -2.57. The molecule has 0 aliphatic carbocycles. The lowest BCUT2D eigenvalue weighted by molar-refractivity contribution is 0.849. The van der Waals surface area contributed by atoms with Gasteiger partial charge in [-0.25, -0.2) is 15.0 Å². The third kappa shape index (κ3) is 1.48. The van der Waals surface area contributed by atoms with Gasteiger partial charge in [-0.05, 0) is 6.92 Å². The van der Waals surface area contributed by atoms with Crippen molar-refractivity contribution in [1.29, 1.82) is 0 Å². The van der Waals surface area contributed by atoms with Crippen molar-refractivity contribution in [3.63, 3.8) is 0 Å². The molecule has 0 atom stereocenters. The minimum absolute atomic E-state index is 0.419. The molecule has 3 aromatic rings. The van der Waals surface area contributed by atoms with Gasteiger partial charge in [0.05, 0.1) is 17.8 Å². The van der Waals surface area contributed by atoms with E-state index in [1.807, 2.05) is 0 Å². The van der Waals surface area contributed by atoms with Gasteiger partial charge in [0.2, 0.25) is 0 Å². The van der Waals surface area contributed by atoms with Crippen molar-refractivity contribution in [2.24, 2.45) is 0 Å². The molecule has 0 amide bonds. The zero-order valence-electron chi connectivity index (χ0n) is 9.07. The number of aryl methyl sites for hydroxylation is 1. The maximum atomic E-state index is 5.81. The predicted molar refractivity (Wildman–Crippen MR) is 61.4 cm³/mol. The van der Waals surface area contributed by atoms with E-state index < -0.39 is 0 Å². The van der Waals surface area contributed by atoms with E-state index in [-0.39, 0.29) is 0 Å². The monoisotopic (exact) mass is 227 g/mol. The molecule has 0 saturated carbocycles. The van der Waals surface area contributed by atoms with E-state index in [1.54, 1.807) is 36.4 Å². The standard InChI is InChI=1S/C10H9N7/c1-6-15-9(11)7-4-14-17(10(7)16-6)8-5-12-2-3-13-8/h2-5H,1H3,(H2,11,15,16). The summed E-state index contributed by atoms with van der Waals surface area (Å²) in [5.41, 5.74) is 6.44. The average Bonchev–Trinajstić information content (AvgIpc) is 2.74. The maximum Gasteiger partial charge on any atom is 0.174 e. The molecule has 0 fully saturated rings. The van der Waals surface area contributed by atoms with Crippen LogP contribution >= 0.6 is 0 Å². The number of hydrogen-bond donors (Lipinski definition) is 1. The summed E-state index contributed by atoms with van der Waals surface area (Å²) >= 11 is 0. The van der Waals surface area contributed by atoms with Gasteiger partial charge in [-0.15, -0.1) is 0 Å². The average molecular weight is 227 g/mol. The molecule has 0 aliphatic heterocycles. The lowest BCUT2D eigenvalue weighted by atomic mass is 10.4. The number of nitrogens with zero attached hydrogens (tertiary/aromatic N) is 6. The van der Waals surface area contributed by atoms with Gasteiger partial charge in [0.25, 0.3) is 0 Å². The molecule has 0 aliphatic rings. The normalized spacial score (nSPS) is 10.9. The first-order valence-electron chi connectivity index (χ1n) is 5.00. The van der Waals surface area contributed by atoms with Crippen LogP contribution in [0.15, 0.2) is 24.8 Å². The van der Waals surface area contributed by atoms with E-state index in [9.17, 15) is 0 Å². The highest BCUT2D eigenvalue weighted by molar-refractivity contribution is 5.85. The fraction of sp³-hybridized carbons (Fsp3) is 0.100. The van der Waals surface area contributed by atoms with Gasteiger partial charge in [0.1, 0.15) is 11.6 Å². The Labute approximate surface area is 96.4 Å². The first-order chi connectivity index (χ1) is 8.25. The number of aromatic nitrogens is 6. The Morgan fingerprint density at radius 3 is 2.82 bits per heavy atom. The molecule has 7 heteroatoms. The van der Waals surface area contributed by atoms with E-state index in [1.165, 1.54) is 0 Å². The summed E-state index contributed by atoms with van der Waals surface area (Å²) in [5, 5.41) is 4.91. The van der Waals surface area contributed by atoms with Crippen LogP contribution in [0.2, 0.25) is 0 Å². The molecule has 0 unspecified atom stereocenters. The molecule has 7 nitrogen and oxygen atoms in total. The molecule has 3 rings (SSSR count). The second kappa shape index (κ2) is 3.48. The smallest absolute Gasteiger partial charge is 0.174 e. The molecule has 0 saturated heterocycles. The lowest BCUT2D eigenvalue weighted by Gasteiger charge is -2.01. The third-order valence-electron chi connectivity index (χ3n) is 2.34. The highest BCUT2D eigenvalue weighted by Crippen LogP contribution is 2.18. The Bertz CT molecular complexity index is 674. The van der Waals surface area contributed by atoms with Crippen LogP contribution in [-0.2, 0) is 0 Å². The van der Waals surface area contributed by atoms with Crippen molar-refractivity contribution in [2.75, 3.05) is 5.73 Å². The van der Waals surface area contributed by atoms with Crippen molar-refractivity contribution in [3.8, 4) is 5.82 Å². The van der Waals surface area contributed by atoms with E-state index in [2.05, 4.69) is 25.0 Å². The Balaban J connectivity index is 2.32. The van der Waals surface area contributed by atoms with E-state index >= 15 is 0 Å². The number of hydrogen-bond acceptors (Lipinski definition) is 6. The molecule has 0 radical (unpaired) electrons. The van der Waals surface area contributed by atoms with Crippen molar-refractivity contribution >= 4 is 16.9 Å². The summed E-state index contributed by atoms with van der Waals surface area (Å²) in [6.07, 6.45) is 6.43. The predicted octanol–water partition coefficient (Wildman–Crippen LogP) is 0.496. The first kappa shape index (κ1) is 9.64. The first-order valence-corrected chi connectivity index (χ1v) is 5.00. The number of nitrogen functional groups attached to an aromatic ring is 1. The summed E-state index contributed by atoms with van der Waals surface area (Å²) in [4.78, 5) is 16.6. The van der Waals surface area contributed by atoms with Crippen LogP contribution in [0.1, 0.15) is 5.82 Å². The van der Waals surface area contributed by atoms with Crippen LogP contribution in [0.25, 0.3) is 16.9 Å². The number of fused-ring (bicyclic) bond motifs is 1. The zero-order chi connectivity index (χ0) is 11.8. The van der Waals surface area contributed by atoms with Gasteiger partial charge >= 0.3 is 0 Å². The zero-order valence-corrected chi connectivity index (χ0v) is 9.07. The van der Waals surface area contributed by atoms with E-state index in [0.717, 1.165) is 0 Å². The topological polar surface area (TPSA) is 95.4 Å². The van der Waals surface area contributed by atoms with Crippen molar-refractivity contribution in [3.05, 3.63) is 30.6 Å². The summed E-state index contributed by atoms with van der Waals surface area (Å²) in [5.74, 6) is 1.61. The molecule has 3 aromatic heterocycles.